The van der Waals surface area contributed by atoms with Crippen molar-refractivity contribution < 1.29 is 0 Å². The van der Waals surface area contributed by atoms with Crippen LogP contribution in [0.3, 0.4) is 0 Å². The van der Waals surface area contributed by atoms with Crippen LogP contribution in [0.4, 0.5) is 0 Å². The number of hydrogen-bond acceptors (Lipinski definition) is 1. The number of fused-ring (bicyclic) bond motifs is 1. The zero-order valence-electron chi connectivity index (χ0n) is 10.3. The van der Waals surface area contributed by atoms with Crippen molar-refractivity contribution in [3.05, 3.63) is 34.9 Å². The minimum absolute atomic E-state index is 0.204. The Bertz CT molecular complexity index is 366. The number of rotatable bonds is 1. The largest absolute Gasteiger partial charge is 0.294 e. The third-order valence-electron chi connectivity index (χ3n) is 3.74. The molecule has 15 heavy (non-hydrogen) atoms. The molecule has 82 valence electrons. The van der Waals surface area contributed by atoms with Gasteiger partial charge in [0, 0.05) is 12.1 Å². The van der Waals surface area contributed by atoms with E-state index in [4.69, 9.17) is 0 Å². The van der Waals surface area contributed by atoms with Gasteiger partial charge in [-0.1, -0.05) is 30.7 Å². The molecule has 0 aliphatic carbocycles. The second-order valence-corrected chi connectivity index (χ2v) is 5.05. The van der Waals surface area contributed by atoms with Gasteiger partial charge < -0.3 is 0 Å². The minimum Gasteiger partial charge on any atom is -0.294 e. The number of aryl methyl sites for hydroxylation is 1. The molecule has 2 rings (SSSR count). The summed E-state index contributed by atoms with van der Waals surface area (Å²) < 4.78 is 0. The monoisotopic (exact) mass is 203 g/mol. The van der Waals surface area contributed by atoms with Gasteiger partial charge in [0.15, 0.2) is 0 Å². The maximum atomic E-state index is 2.56. The normalized spacial score (nSPS) is 20.0. The Hall–Kier alpha value is -0.820. The smallest absolute Gasteiger partial charge is 0.0407 e. The lowest BCUT2D eigenvalue weighted by Crippen LogP contribution is -2.46. The van der Waals surface area contributed by atoms with Crippen molar-refractivity contribution >= 4 is 0 Å². The number of benzene rings is 1. The van der Waals surface area contributed by atoms with E-state index >= 15 is 0 Å². The molecule has 1 aromatic carbocycles. The van der Waals surface area contributed by atoms with Crippen LogP contribution < -0.4 is 0 Å². The molecule has 0 N–H and O–H groups in total. The molecule has 1 aliphatic heterocycles. The maximum Gasteiger partial charge on any atom is 0.0407 e. The van der Waals surface area contributed by atoms with Crippen LogP contribution in [-0.4, -0.2) is 18.0 Å². The van der Waals surface area contributed by atoms with E-state index in [-0.39, 0.29) is 5.54 Å². The van der Waals surface area contributed by atoms with Crippen LogP contribution in [-0.2, 0) is 12.0 Å². The van der Waals surface area contributed by atoms with Crippen LogP contribution in [0.5, 0.6) is 0 Å². The molecule has 1 nitrogen and oxygen atoms in total. The molecule has 1 aliphatic rings. The molecule has 0 fully saturated rings. The van der Waals surface area contributed by atoms with Gasteiger partial charge in [-0.15, -0.1) is 0 Å². The lowest BCUT2D eigenvalue weighted by Gasteiger charge is -2.43. The molecule has 0 atom stereocenters. The summed E-state index contributed by atoms with van der Waals surface area (Å²) in [5.41, 5.74) is 4.65. The first-order chi connectivity index (χ1) is 7.05. The van der Waals surface area contributed by atoms with E-state index in [1.165, 1.54) is 24.1 Å². The molecule has 0 radical (unpaired) electrons. The number of likely N-dealkylation sites (N-methyl/N-ethyl adjacent to an activating group) is 1. The summed E-state index contributed by atoms with van der Waals surface area (Å²) in [5.74, 6) is 0. The molecule has 0 saturated heterocycles. The van der Waals surface area contributed by atoms with E-state index in [0.717, 1.165) is 6.54 Å². The summed E-state index contributed by atoms with van der Waals surface area (Å²) in [6, 6.07) is 6.90. The van der Waals surface area contributed by atoms with Crippen molar-refractivity contribution in [2.24, 2.45) is 0 Å². The molecule has 0 spiro atoms. The zero-order chi connectivity index (χ0) is 11.1. The fraction of sp³-hybridized carbons (Fsp3) is 0.571. The van der Waals surface area contributed by atoms with Crippen molar-refractivity contribution in [3.8, 4) is 0 Å². The molecule has 0 aromatic heterocycles. The van der Waals surface area contributed by atoms with E-state index in [0.29, 0.717) is 0 Å². The quantitative estimate of drug-likeness (QED) is 0.678. The lowest BCUT2D eigenvalue weighted by molar-refractivity contribution is 0.115. The van der Waals surface area contributed by atoms with Crippen LogP contribution in [0.2, 0.25) is 0 Å². The minimum atomic E-state index is 0.204. The Morgan fingerprint density at radius 1 is 1.33 bits per heavy atom. The van der Waals surface area contributed by atoms with Gasteiger partial charge in [0.05, 0.1) is 0 Å². The van der Waals surface area contributed by atoms with Crippen LogP contribution in [0.25, 0.3) is 0 Å². The first-order valence-electron chi connectivity index (χ1n) is 5.90. The Kier molecular flexibility index (Phi) is 2.59. The van der Waals surface area contributed by atoms with Crippen molar-refractivity contribution in [3.63, 3.8) is 0 Å². The Morgan fingerprint density at radius 3 is 2.73 bits per heavy atom. The molecule has 0 amide bonds. The summed E-state index contributed by atoms with van der Waals surface area (Å²) in [6.07, 6.45) is 1.20. The maximum absolute atomic E-state index is 2.56. The molecule has 0 unspecified atom stereocenters. The second-order valence-electron chi connectivity index (χ2n) is 5.05. The summed E-state index contributed by atoms with van der Waals surface area (Å²) in [5, 5.41) is 0. The Morgan fingerprint density at radius 2 is 2.07 bits per heavy atom. The first-order valence-corrected chi connectivity index (χ1v) is 5.90. The van der Waals surface area contributed by atoms with Crippen molar-refractivity contribution in [2.75, 3.05) is 13.1 Å². The molecular weight excluding hydrogens is 182 g/mol. The highest BCUT2D eigenvalue weighted by Gasteiger charge is 2.32. The van der Waals surface area contributed by atoms with Gasteiger partial charge in [-0.05, 0) is 44.9 Å². The van der Waals surface area contributed by atoms with Gasteiger partial charge in [-0.25, -0.2) is 0 Å². The van der Waals surface area contributed by atoms with Crippen molar-refractivity contribution in [1.29, 1.82) is 0 Å². The summed E-state index contributed by atoms with van der Waals surface area (Å²) in [4.78, 5) is 2.56. The molecule has 1 heterocycles. The summed E-state index contributed by atoms with van der Waals surface area (Å²) >= 11 is 0. The second kappa shape index (κ2) is 3.64. The molecule has 1 heteroatoms. The van der Waals surface area contributed by atoms with E-state index < -0.39 is 0 Å². The van der Waals surface area contributed by atoms with E-state index in [1.54, 1.807) is 5.56 Å². The average molecular weight is 203 g/mol. The summed E-state index contributed by atoms with van der Waals surface area (Å²) in [6.45, 7) is 11.4. The average Bonchev–Trinajstić information content (AvgIpc) is 2.17. The van der Waals surface area contributed by atoms with Gasteiger partial charge in [0.1, 0.15) is 0 Å². The molecule has 0 saturated carbocycles. The number of nitrogens with zero attached hydrogens (tertiary/aromatic N) is 1. The van der Waals surface area contributed by atoms with Crippen LogP contribution >= 0.6 is 0 Å². The standard InChI is InChI=1S/C14H21N/c1-5-15-9-8-12-10-11(2)6-7-13(12)14(15,3)4/h6-7,10H,5,8-9H2,1-4H3. The Balaban J connectivity index is 2.47. The SMILES string of the molecule is CCN1CCc2cc(C)ccc2C1(C)C. The zero-order valence-corrected chi connectivity index (χ0v) is 10.3. The molecule has 1 aromatic rings. The lowest BCUT2D eigenvalue weighted by atomic mass is 9.83. The van der Waals surface area contributed by atoms with Crippen molar-refractivity contribution in [2.45, 2.75) is 39.7 Å². The van der Waals surface area contributed by atoms with Gasteiger partial charge >= 0.3 is 0 Å². The molecular formula is C14H21N. The Labute approximate surface area is 93.1 Å². The fourth-order valence-electron chi connectivity index (χ4n) is 2.78. The van der Waals surface area contributed by atoms with E-state index in [9.17, 15) is 0 Å². The van der Waals surface area contributed by atoms with Crippen LogP contribution in [0, 0.1) is 6.92 Å². The van der Waals surface area contributed by atoms with Crippen molar-refractivity contribution in [1.82, 2.24) is 4.90 Å². The highest BCUT2D eigenvalue weighted by Crippen LogP contribution is 2.34. The van der Waals surface area contributed by atoms with E-state index in [1.807, 2.05) is 0 Å². The third kappa shape index (κ3) is 1.69. The van der Waals surface area contributed by atoms with E-state index in [2.05, 4.69) is 50.8 Å². The topological polar surface area (TPSA) is 3.24 Å². The molecule has 0 bridgehead atoms. The number of hydrogen-bond donors (Lipinski definition) is 0. The first kappa shape index (κ1) is 10.7. The van der Waals surface area contributed by atoms with Gasteiger partial charge in [0.25, 0.3) is 0 Å². The van der Waals surface area contributed by atoms with Gasteiger partial charge in [-0.2, -0.15) is 0 Å². The predicted octanol–water partition coefficient (Wildman–Crippen LogP) is 3.11. The van der Waals surface area contributed by atoms with Crippen LogP contribution in [0.1, 0.15) is 37.5 Å². The third-order valence-corrected chi connectivity index (χ3v) is 3.74. The van der Waals surface area contributed by atoms with Gasteiger partial charge in [0.2, 0.25) is 0 Å². The van der Waals surface area contributed by atoms with Crippen LogP contribution in [0.15, 0.2) is 18.2 Å². The highest BCUT2D eigenvalue weighted by molar-refractivity contribution is 5.38. The van der Waals surface area contributed by atoms with Gasteiger partial charge in [-0.3, -0.25) is 4.90 Å². The summed E-state index contributed by atoms with van der Waals surface area (Å²) in [7, 11) is 0. The highest BCUT2D eigenvalue weighted by atomic mass is 15.2. The fourth-order valence-corrected chi connectivity index (χ4v) is 2.78. The predicted molar refractivity (Wildman–Crippen MR) is 65.2 cm³/mol.